The van der Waals surface area contributed by atoms with E-state index in [4.69, 9.17) is 10.9 Å². The van der Waals surface area contributed by atoms with E-state index in [1.807, 2.05) is 6.92 Å². The van der Waals surface area contributed by atoms with Crippen molar-refractivity contribution >= 4 is 0 Å². The summed E-state index contributed by atoms with van der Waals surface area (Å²) in [5.74, 6) is 3.85. The highest BCUT2D eigenvalue weighted by Crippen LogP contribution is 1.96. The first kappa shape index (κ1) is 9.75. The Morgan fingerprint density at radius 2 is 2.46 bits per heavy atom. The van der Waals surface area contributed by atoms with Crippen molar-refractivity contribution in [3.63, 3.8) is 0 Å². The molecule has 13 heavy (non-hydrogen) atoms. The molecule has 0 saturated heterocycles. The zero-order valence-electron chi connectivity index (χ0n) is 7.87. The van der Waals surface area contributed by atoms with Gasteiger partial charge in [-0.1, -0.05) is 18.0 Å². The van der Waals surface area contributed by atoms with Gasteiger partial charge in [-0.2, -0.15) is 4.98 Å². The fraction of sp³-hybridized carbons (Fsp3) is 0.556. The third kappa shape index (κ3) is 2.88. The highest BCUT2D eigenvalue weighted by Gasteiger charge is 2.05. The molecule has 1 rings (SSSR count). The summed E-state index contributed by atoms with van der Waals surface area (Å²) in [4.78, 5) is 4.04. The first-order valence-corrected chi connectivity index (χ1v) is 4.25. The summed E-state index contributed by atoms with van der Waals surface area (Å²) in [5.41, 5.74) is 0. The van der Waals surface area contributed by atoms with Crippen molar-refractivity contribution in [1.82, 2.24) is 15.5 Å². The molecule has 1 atom stereocenters. The van der Waals surface area contributed by atoms with Crippen molar-refractivity contribution in [2.24, 2.45) is 0 Å². The Bertz CT molecular complexity index is 300. The van der Waals surface area contributed by atoms with Crippen molar-refractivity contribution in [3.8, 4) is 12.3 Å². The molecule has 0 saturated carbocycles. The molecule has 0 aromatic carbocycles. The largest absolute Gasteiger partial charge is 0.338 e. The molecule has 1 N–H and O–H groups in total. The fourth-order valence-electron chi connectivity index (χ4n) is 0.943. The van der Waals surface area contributed by atoms with Gasteiger partial charge in [0.2, 0.25) is 5.89 Å². The van der Waals surface area contributed by atoms with Crippen molar-refractivity contribution < 1.29 is 4.52 Å². The first-order chi connectivity index (χ1) is 6.26. The van der Waals surface area contributed by atoms with Gasteiger partial charge in [-0.05, 0) is 13.3 Å². The second-order valence-electron chi connectivity index (χ2n) is 2.74. The van der Waals surface area contributed by atoms with Gasteiger partial charge in [0, 0.05) is 0 Å². The maximum absolute atomic E-state index is 5.27. The number of nitrogens with zero attached hydrogens (tertiary/aromatic N) is 2. The molecular weight excluding hydrogens is 166 g/mol. The molecule has 1 unspecified atom stereocenters. The molecule has 0 bridgehead atoms. The predicted octanol–water partition coefficient (Wildman–Crippen LogP) is 0.879. The second-order valence-corrected chi connectivity index (χ2v) is 2.74. The molecule has 0 aliphatic rings. The van der Waals surface area contributed by atoms with E-state index < -0.39 is 0 Å². The van der Waals surface area contributed by atoms with Crippen molar-refractivity contribution in [3.05, 3.63) is 11.7 Å². The summed E-state index contributed by atoms with van der Waals surface area (Å²) < 4.78 is 4.91. The topological polar surface area (TPSA) is 51.0 Å². The summed E-state index contributed by atoms with van der Waals surface area (Å²) in [6.45, 7) is 4.34. The van der Waals surface area contributed by atoms with Crippen molar-refractivity contribution in [2.45, 2.75) is 32.9 Å². The number of nitrogens with one attached hydrogen (secondary N) is 1. The highest BCUT2D eigenvalue weighted by molar-refractivity contribution is 4.98. The first-order valence-electron chi connectivity index (χ1n) is 4.25. The minimum atomic E-state index is 0.0761. The van der Waals surface area contributed by atoms with Crippen LogP contribution in [0.3, 0.4) is 0 Å². The normalized spacial score (nSPS) is 12.4. The average molecular weight is 179 g/mol. The number of aryl methyl sites for hydroxylation is 1. The molecule has 0 aliphatic heterocycles. The fourth-order valence-corrected chi connectivity index (χ4v) is 0.943. The molecule has 70 valence electrons. The standard InChI is InChI=1S/C9H13N3O/c1-4-8(5-2)10-6-9-11-7(3)12-13-9/h1,8,10H,5-6H2,2-3H3. The van der Waals surface area contributed by atoms with Crippen molar-refractivity contribution in [2.75, 3.05) is 0 Å². The van der Waals surface area contributed by atoms with Gasteiger partial charge in [0.15, 0.2) is 5.82 Å². The zero-order chi connectivity index (χ0) is 9.68. The van der Waals surface area contributed by atoms with Gasteiger partial charge in [0.05, 0.1) is 12.6 Å². The molecular formula is C9H13N3O. The van der Waals surface area contributed by atoms with E-state index >= 15 is 0 Å². The SMILES string of the molecule is C#CC(CC)NCc1nc(C)no1. The van der Waals surface area contributed by atoms with Crippen LogP contribution in [0.2, 0.25) is 0 Å². The smallest absolute Gasteiger partial charge is 0.240 e. The van der Waals surface area contributed by atoms with E-state index in [-0.39, 0.29) is 6.04 Å². The highest BCUT2D eigenvalue weighted by atomic mass is 16.5. The van der Waals surface area contributed by atoms with Gasteiger partial charge in [0.1, 0.15) is 0 Å². The lowest BCUT2D eigenvalue weighted by Crippen LogP contribution is -2.26. The van der Waals surface area contributed by atoms with Crippen LogP contribution in [0.25, 0.3) is 0 Å². The Balaban J connectivity index is 2.39. The maximum atomic E-state index is 5.27. The van der Waals surface area contributed by atoms with Crippen LogP contribution >= 0.6 is 0 Å². The summed E-state index contributed by atoms with van der Waals surface area (Å²) in [6.07, 6.45) is 6.17. The molecule has 1 aromatic rings. The minimum absolute atomic E-state index is 0.0761. The predicted molar refractivity (Wildman–Crippen MR) is 48.8 cm³/mol. The summed E-state index contributed by atoms with van der Waals surface area (Å²) >= 11 is 0. The van der Waals surface area contributed by atoms with Crippen LogP contribution in [-0.2, 0) is 6.54 Å². The van der Waals surface area contributed by atoms with E-state index in [1.165, 1.54) is 0 Å². The summed E-state index contributed by atoms with van der Waals surface area (Å²) in [7, 11) is 0. The van der Waals surface area contributed by atoms with Gasteiger partial charge in [0.25, 0.3) is 0 Å². The van der Waals surface area contributed by atoms with E-state index in [9.17, 15) is 0 Å². The Labute approximate surface area is 77.7 Å². The number of hydrogen-bond acceptors (Lipinski definition) is 4. The Hall–Kier alpha value is -1.34. The van der Waals surface area contributed by atoms with Gasteiger partial charge >= 0.3 is 0 Å². The molecule has 0 fully saturated rings. The molecule has 0 aliphatic carbocycles. The zero-order valence-corrected chi connectivity index (χ0v) is 7.87. The minimum Gasteiger partial charge on any atom is -0.338 e. The van der Waals surface area contributed by atoms with Gasteiger partial charge in [-0.25, -0.2) is 0 Å². The molecule has 0 spiro atoms. The molecule has 0 radical (unpaired) electrons. The summed E-state index contributed by atoms with van der Waals surface area (Å²) in [6, 6.07) is 0.0761. The van der Waals surface area contributed by atoms with E-state index in [2.05, 4.69) is 21.4 Å². The second kappa shape index (κ2) is 4.63. The number of hydrogen-bond donors (Lipinski definition) is 1. The van der Waals surface area contributed by atoms with Crippen LogP contribution in [0, 0.1) is 19.3 Å². The van der Waals surface area contributed by atoms with E-state index in [0.29, 0.717) is 18.3 Å². The van der Waals surface area contributed by atoms with Crippen molar-refractivity contribution in [1.29, 1.82) is 0 Å². The third-order valence-electron chi connectivity index (χ3n) is 1.68. The van der Waals surface area contributed by atoms with Crippen LogP contribution in [0.1, 0.15) is 25.1 Å². The quantitative estimate of drug-likeness (QED) is 0.697. The lowest BCUT2D eigenvalue weighted by molar-refractivity contribution is 0.360. The lowest BCUT2D eigenvalue weighted by atomic mass is 10.2. The third-order valence-corrected chi connectivity index (χ3v) is 1.68. The maximum Gasteiger partial charge on any atom is 0.240 e. The molecule has 1 heterocycles. The monoisotopic (exact) mass is 179 g/mol. The molecule has 4 heteroatoms. The van der Waals surface area contributed by atoms with Crippen LogP contribution in [0.15, 0.2) is 4.52 Å². The lowest BCUT2D eigenvalue weighted by Gasteiger charge is -2.06. The Morgan fingerprint density at radius 1 is 1.69 bits per heavy atom. The summed E-state index contributed by atoms with van der Waals surface area (Å²) in [5, 5.41) is 6.78. The van der Waals surface area contributed by atoms with E-state index in [0.717, 1.165) is 6.42 Å². The Morgan fingerprint density at radius 3 is 2.92 bits per heavy atom. The Kier molecular flexibility index (Phi) is 3.47. The van der Waals surface area contributed by atoms with Crippen LogP contribution in [0.5, 0.6) is 0 Å². The average Bonchev–Trinajstić information content (AvgIpc) is 2.53. The van der Waals surface area contributed by atoms with Crippen LogP contribution in [-0.4, -0.2) is 16.2 Å². The molecule has 1 aromatic heterocycles. The molecule has 0 amide bonds. The number of aromatic nitrogens is 2. The van der Waals surface area contributed by atoms with Gasteiger partial charge < -0.3 is 4.52 Å². The number of terminal acetylenes is 1. The van der Waals surface area contributed by atoms with Gasteiger partial charge in [-0.3, -0.25) is 5.32 Å². The molecule has 4 nitrogen and oxygen atoms in total. The van der Waals surface area contributed by atoms with E-state index in [1.54, 1.807) is 6.92 Å². The van der Waals surface area contributed by atoms with Gasteiger partial charge in [-0.15, -0.1) is 6.42 Å². The van der Waals surface area contributed by atoms with Crippen LogP contribution in [0.4, 0.5) is 0 Å². The van der Waals surface area contributed by atoms with Crippen LogP contribution < -0.4 is 5.32 Å². The number of rotatable bonds is 4.